The summed E-state index contributed by atoms with van der Waals surface area (Å²) >= 11 is 0. The van der Waals surface area contributed by atoms with E-state index < -0.39 is 28.4 Å². The van der Waals surface area contributed by atoms with E-state index in [1.54, 1.807) is 0 Å². The maximum atomic E-state index is 13.7. The van der Waals surface area contributed by atoms with Crippen LogP contribution in [0.15, 0.2) is 18.2 Å². The maximum Gasteiger partial charge on any atom is 0.342 e. The number of hydrogen-bond acceptors (Lipinski definition) is 5. The molecule has 100 valence electrons. The van der Waals surface area contributed by atoms with Gasteiger partial charge in [-0.3, -0.25) is 24.8 Å². The molecule has 8 nitrogen and oxygen atoms in total. The number of imide groups is 1. The number of nitrogens with zero attached hydrogens (tertiary/aromatic N) is 3. The Morgan fingerprint density at radius 1 is 1.42 bits per heavy atom. The largest absolute Gasteiger partial charge is 0.342 e. The smallest absolute Gasteiger partial charge is 0.272 e. The SMILES string of the molecule is CN1C(=O)CN(c2ccc([N+](=O)[O-])cc2F)NC1=O. The monoisotopic (exact) mass is 268 g/mol. The van der Waals surface area contributed by atoms with Crippen LogP contribution < -0.4 is 10.4 Å². The van der Waals surface area contributed by atoms with Gasteiger partial charge < -0.3 is 0 Å². The number of hydrogen-bond donors (Lipinski definition) is 1. The van der Waals surface area contributed by atoms with E-state index in [9.17, 15) is 24.1 Å². The van der Waals surface area contributed by atoms with Gasteiger partial charge in [0.1, 0.15) is 6.54 Å². The Kier molecular flexibility index (Phi) is 3.03. The predicted molar refractivity (Wildman–Crippen MR) is 61.7 cm³/mol. The highest BCUT2D eigenvalue weighted by Crippen LogP contribution is 2.24. The zero-order valence-corrected chi connectivity index (χ0v) is 9.79. The average molecular weight is 268 g/mol. The molecule has 1 aliphatic heterocycles. The number of amides is 3. The van der Waals surface area contributed by atoms with Gasteiger partial charge in [-0.05, 0) is 6.07 Å². The van der Waals surface area contributed by atoms with Crippen molar-refractivity contribution in [1.29, 1.82) is 0 Å². The molecule has 0 radical (unpaired) electrons. The van der Waals surface area contributed by atoms with Gasteiger partial charge in [-0.1, -0.05) is 0 Å². The number of nitrogens with one attached hydrogen (secondary N) is 1. The first-order chi connectivity index (χ1) is 8.90. The second-order valence-electron chi connectivity index (χ2n) is 3.85. The van der Waals surface area contributed by atoms with E-state index >= 15 is 0 Å². The lowest BCUT2D eigenvalue weighted by Gasteiger charge is -2.32. The molecule has 1 saturated heterocycles. The number of halogens is 1. The summed E-state index contributed by atoms with van der Waals surface area (Å²) in [7, 11) is 1.29. The van der Waals surface area contributed by atoms with Crippen molar-refractivity contribution in [3.05, 3.63) is 34.1 Å². The van der Waals surface area contributed by atoms with Gasteiger partial charge >= 0.3 is 6.03 Å². The molecular formula is C10H9FN4O4. The lowest BCUT2D eigenvalue weighted by Crippen LogP contribution is -2.59. The number of non-ortho nitro benzene ring substituents is 1. The summed E-state index contributed by atoms with van der Waals surface area (Å²) in [4.78, 5) is 33.5. The third-order valence-electron chi connectivity index (χ3n) is 2.64. The van der Waals surface area contributed by atoms with Crippen molar-refractivity contribution < 1.29 is 18.9 Å². The Morgan fingerprint density at radius 3 is 2.63 bits per heavy atom. The first kappa shape index (κ1) is 12.7. The number of rotatable bonds is 2. The Hall–Kier alpha value is -2.71. The first-order valence-electron chi connectivity index (χ1n) is 5.19. The zero-order chi connectivity index (χ0) is 14.2. The maximum absolute atomic E-state index is 13.7. The van der Waals surface area contributed by atoms with Crippen molar-refractivity contribution in [2.75, 3.05) is 18.6 Å². The molecule has 1 N–H and O–H groups in total. The third kappa shape index (κ3) is 2.30. The number of urea groups is 1. The number of nitro benzene ring substituents is 1. The van der Waals surface area contributed by atoms with Crippen LogP contribution in [0.1, 0.15) is 0 Å². The molecule has 1 fully saturated rings. The van der Waals surface area contributed by atoms with Crippen molar-refractivity contribution in [3.63, 3.8) is 0 Å². The fraction of sp³-hybridized carbons (Fsp3) is 0.200. The molecule has 9 heteroatoms. The molecule has 0 bridgehead atoms. The van der Waals surface area contributed by atoms with Crippen LogP contribution in [0.3, 0.4) is 0 Å². The standard InChI is InChI=1S/C10H9FN4O4/c1-13-9(16)5-14(12-10(13)17)8-3-2-6(15(18)19)4-7(8)11/h2-4H,5H2,1H3,(H,12,17). The van der Waals surface area contributed by atoms with Gasteiger partial charge in [0.2, 0.25) is 0 Å². The highest BCUT2D eigenvalue weighted by molar-refractivity contribution is 5.99. The molecule has 2 rings (SSSR count). The number of carbonyl (C=O) groups excluding carboxylic acids is 2. The zero-order valence-electron chi connectivity index (χ0n) is 9.79. The molecule has 3 amide bonds. The summed E-state index contributed by atoms with van der Waals surface area (Å²) in [5.41, 5.74) is 1.77. The van der Waals surface area contributed by atoms with Crippen LogP contribution in [-0.2, 0) is 4.79 Å². The third-order valence-corrected chi connectivity index (χ3v) is 2.64. The van der Waals surface area contributed by atoms with E-state index in [0.717, 1.165) is 28.1 Å². The number of hydrazine groups is 1. The van der Waals surface area contributed by atoms with Crippen LogP contribution in [-0.4, -0.2) is 35.4 Å². The second kappa shape index (κ2) is 4.52. The predicted octanol–water partition coefficient (Wildman–Crippen LogP) is 0.637. The van der Waals surface area contributed by atoms with Crippen molar-refractivity contribution >= 4 is 23.3 Å². The van der Waals surface area contributed by atoms with Crippen molar-refractivity contribution in [1.82, 2.24) is 10.3 Å². The molecule has 0 saturated carbocycles. The molecule has 0 aromatic heterocycles. The number of anilines is 1. The minimum absolute atomic E-state index is 0.111. The molecule has 0 unspecified atom stereocenters. The van der Waals surface area contributed by atoms with Gasteiger partial charge in [0.15, 0.2) is 5.82 Å². The van der Waals surface area contributed by atoms with E-state index in [1.165, 1.54) is 7.05 Å². The topological polar surface area (TPSA) is 95.8 Å². The second-order valence-corrected chi connectivity index (χ2v) is 3.85. The highest BCUT2D eigenvalue weighted by atomic mass is 19.1. The molecule has 1 aromatic rings. The molecule has 1 heterocycles. The summed E-state index contributed by atoms with van der Waals surface area (Å²) < 4.78 is 13.7. The molecule has 0 aliphatic carbocycles. The molecule has 19 heavy (non-hydrogen) atoms. The van der Waals surface area contributed by atoms with Gasteiger partial charge in [0.25, 0.3) is 11.6 Å². The highest BCUT2D eigenvalue weighted by Gasteiger charge is 2.29. The Labute approximate surface area is 106 Å². The molecular weight excluding hydrogens is 259 g/mol. The summed E-state index contributed by atoms with van der Waals surface area (Å²) in [5.74, 6) is -1.41. The quantitative estimate of drug-likeness (QED) is 0.627. The number of likely N-dealkylation sites (N-methyl/N-ethyl adjacent to an activating group) is 1. The van der Waals surface area contributed by atoms with Crippen LogP contribution in [0, 0.1) is 15.9 Å². The van der Waals surface area contributed by atoms with Gasteiger partial charge in [-0.2, -0.15) is 0 Å². The normalized spacial score (nSPS) is 15.5. The van der Waals surface area contributed by atoms with E-state index in [0.29, 0.717) is 0 Å². The minimum atomic E-state index is -0.896. The van der Waals surface area contributed by atoms with Crippen molar-refractivity contribution in [3.8, 4) is 0 Å². The Bertz CT molecular complexity index is 559. The Balaban J connectivity index is 2.30. The number of nitro groups is 1. The van der Waals surface area contributed by atoms with E-state index in [4.69, 9.17) is 0 Å². The average Bonchev–Trinajstić information content (AvgIpc) is 2.35. The summed E-state index contributed by atoms with van der Waals surface area (Å²) in [6.45, 7) is -0.253. The number of benzene rings is 1. The summed E-state index contributed by atoms with van der Waals surface area (Å²) in [6, 6.07) is 2.25. The van der Waals surface area contributed by atoms with E-state index in [-0.39, 0.29) is 12.2 Å². The van der Waals surface area contributed by atoms with Crippen molar-refractivity contribution in [2.45, 2.75) is 0 Å². The van der Waals surface area contributed by atoms with Gasteiger partial charge in [-0.15, -0.1) is 0 Å². The fourth-order valence-electron chi connectivity index (χ4n) is 1.56. The van der Waals surface area contributed by atoms with Crippen LogP contribution in [0.4, 0.5) is 20.6 Å². The Morgan fingerprint density at radius 2 is 2.11 bits per heavy atom. The lowest BCUT2D eigenvalue weighted by molar-refractivity contribution is -0.385. The molecule has 0 atom stereocenters. The summed E-state index contributed by atoms with van der Waals surface area (Å²) in [5, 5.41) is 11.5. The fourth-order valence-corrected chi connectivity index (χ4v) is 1.56. The molecule has 1 aliphatic rings. The van der Waals surface area contributed by atoms with Gasteiger partial charge in [0.05, 0.1) is 16.7 Å². The molecule has 0 spiro atoms. The van der Waals surface area contributed by atoms with Crippen LogP contribution in [0.5, 0.6) is 0 Å². The van der Waals surface area contributed by atoms with Crippen LogP contribution in [0.25, 0.3) is 0 Å². The molecule has 1 aromatic carbocycles. The number of carbonyl (C=O) groups is 2. The van der Waals surface area contributed by atoms with Crippen molar-refractivity contribution in [2.24, 2.45) is 0 Å². The lowest BCUT2D eigenvalue weighted by atomic mass is 10.2. The van der Waals surface area contributed by atoms with E-state index in [2.05, 4.69) is 5.43 Å². The van der Waals surface area contributed by atoms with Crippen LogP contribution in [0.2, 0.25) is 0 Å². The summed E-state index contributed by atoms with van der Waals surface area (Å²) in [6.07, 6.45) is 0. The van der Waals surface area contributed by atoms with Gasteiger partial charge in [0, 0.05) is 13.1 Å². The van der Waals surface area contributed by atoms with Gasteiger partial charge in [-0.25, -0.2) is 14.6 Å². The minimum Gasteiger partial charge on any atom is -0.272 e. The van der Waals surface area contributed by atoms with Crippen LogP contribution >= 0.6 is 0 Å². The van der Waals surface area contributed by atoms with E-state index in [1.807, 2.05) is 0 Å². The first-order valence-corrected chi connectivity index (χ1v) is 5.19.